The SMILES string of the molecule is Cc1ccc2cc(CN(Cc3ccc(F)cc3)S(=O)(=O)c3ccccc3)c(=O)[nH]c2c1. The molecule has 158 valence electrons. The lowest BCUT2D eigenvalue weighted by Gasteiger charge is -2.22. The fourth-order valence-electron chi connectivity index (χ4n) is 3.43. The van der Waals surface area contributed by atoms with Crippen LogP contribution in [0.2, 0.25) is 0 Å². The van der Waals surface area contributed by atoms with E-state index in [0.717, 1.165) is 10.9 Å². The number of aromatic nitrogens is 1. The van der Waals surface area contributed by atoms with E-state index in [1.165, 1.54) is 40.7 Å². The highest BCUT2D eigenvalue weighted by molar-refractivity contribution is 7.89. The van der Waals surface area contributed by atoms with E-state index >= 15 is 0 Å². The number of hydrogen-bond donors (Lipinski definition) is 1. The smallest absolute Gasteiger partial charge is 0.252 e. The molecule has 0 aliphatic heterocycles. The molecular weight excluding hydrogens is 415 g/mol. The minimum atomic E-state index is -3.90. The Balaban J connectivity index is 1.76. The molecule has 1 heterocycles. The highest BCUT2D eigenvalue weighted by Crippen LogP contribution is 2.22. The number of H-pyrrole nitrogens is 1. The summed E-state index contributed by atoms with van der Waals surface area (Å²) in [7, 11) is -3.90. The van der Waals surface area contributed by atoms with Gasteiger partial charge in [0.2, 0.25) is 10.0 Å². The van der Waals surface area contributed by atoms with Crippen LogP contribution < -0.4 is 5.56 Å². The lowest BCUT2D eigenvalue weighted by atomic mass is 10.1. The molecule has 0 unspecified atom stereocenters. The summed E-state index contributed by atoms with van der Waals surface area (Å²) in [5.41, 5.74) is 2.32. The number of halogens is 1. The van der Waals surface area contributed by atoms with Crippen LogP contribution in [0, 0.1) is 12.7 Å². The average molecular weight is 437 g/mol. The van der Waals surface area contributed by atoms with E-state index in [0.29, 0.717) is 16.6 Å². The van der Waals surface area contributed by atoms with Gasteiger partial charge in [-0.25, -0.2) is 12.8 Å². The number of benzene rings is 3. The van der Waals surface area contributed by atoms with Crippen LogP contribution in [0.15, 0.2) is 88.6 Å². The fraction of sp³-hybridized carbons (Fsp3) is 0.125. The van der Waals surface area contributed by atoms with Crippen LogP contribution in [0.1, 0.15) is 16.7 Å². The Morgan fingerprint density at radius 1 is 0.903 bits per heavy atom. The predicted molar refractivity (Wildman–Crippen MR) is 119 cm³/mol. The minimum Gasteiger partial charge on any atom is -0.322 e. The normalized spacial score (nSPS) is 11.8. The van der Waals surface area contributed by atoms with E-state index < -0.39 is 15.8 Å². The van der Waals surface area contributed by atoms with Gasteiger partial charge in [-0.1, -0.05) is 42.5 Å². The molecule has 5 nitrogen and oxygen atoms in total. The summed E-state index contributed by atoms with van der Waals surface area (Å²) in [4.78, 5) is 15.7. The Hall–Kier alpha value is -3.29. The van der Waals surface area contributed by atoms with Gasteiger partial charge in [0.05, 0.1) is 4.90 Å². The molecule has 0 saturated carbocycles. The van der Waals surface area contributed by atoms with E-state index in [9.17, 15) is 17.6 Å². The van der Waals surface area contributed by atoms with Gasteiger partial charge in [0.1, 0.15) is 5.82 Å². The summed E-state index contributed by atoms with van der Waals surface area (Å²) >= 11 is 0. The third-order valence-electron chi connectivity index (χ3n) is 5.08. The average Bonchev–Trinajstić information content (AvgIpc) is 2.76. The number of nitrogens with zero attached hydrogens (tertiary/aromatic N) is 1. The van der Waals surface area contributed by atoms with E-state index in [-0.39, 0.29) is 23.5 Å². The maximum absolute atomic E-state index is 13.4. The molecule has 0 saturated heterocycles. The molecule has 4 rings (SSSR count). The molecule has 0 fully saturated rings. The topological polar surface area (TPSA) is 70.2 Å². The van der Waals surface area contributed by atoms with Gasteiger partial charge in [-0.3, -0.25) is 4.79 Å². The first-order chi connectivity index (χ1) is 14.8. The molecule has 1 aromatic heterocycles. The van der Waals surface area contributed by atoms with Gasteiger partial charge in [0.15, 0.2) is 0 Å². The zero-order valence-electron chi connectivity index (χ0n) is 16.9. The maximum atomic E-state index is 13.4. The van der Waals surface area contributed by atoms with Crippen LogP contribution in [0.25, 0.3) is 10.9 Å². The Morgan fingerprint density at radius 2 is 1.61 bits per heavy atom. The van der Waals surface area contributed by atoms with Gasteiger partial charge in [0, 0.05) is 24.2 Å². The Labute approximate surface area is 179 Å². The van der Waals surface area contributed by atoms with Crippen molar-refractivity contribution < 1.29 is 12.8 Å². The van der Waals surface area contributed by atoms with E-state index in [2.05, 4.69) is 4.98 Å². The molecule has 0 atom stereocenters. The van der Waals surface area contributed by atoms with Crippen molar-refractivity contribution in [2.75, 3.05) is 0 Å². The molecule has 3 aromatic carbocycles. The maximum Gasteiger partial charge on any atom is 0.252 e. The van der Waals surface area contributed by atoms with Crippen LogP contribution in [0.5, 0.6) is 0 Å². The van der Waals surface area contributed by atoms with Crippen LogP contribution in [-0.2, 0) is 23.1 Å². The van der Waals surface area contributed by atoms with E-state index in [1.807, 2.05) is 25.1 Å². The third kappa shape index (κ3) is 4.57. The number of aryl methyl sites for hydroxylation is 1. The zero-order chi connectivity index (χ0) is 22.0. The lowest BCUT2D eigenvalue weighted by Crippen LogP contribution is -2.32. The second-order valence-electron chi connectivity index (χ2n) is 7.43. The van der Waals surface area contributed by atoms with Crippen LogP contribution in [0.3, 0.4) is 0 Å². The van der Waals surface area contributed by atoms with Gasteiger partial charge in [-0.05, 0) is 59.8 Å². The number of nitrogens with one attached hydrogen (secondary N) is 1. The van der Waals surface area contributed by atoms with Crippen LogP contribution in [-0.4, -0.2) is 17.7 Å². The van der Waals surface area contributed by atoms with Gasteiger partial charge < -0.3 is 4.98 Å². The van der Waals surface area contributed by atoms with Crippen molar-refractivity contribution in [2.24, 2.45) is 0 Å². The van der Waals surface area contributed by atoms with Crippen LogP contribution in [0.4, 0.5) is 4.39 Å². The number of fused-ring (bicyclic) bond motifs is 1. The number of pyridine rings is 1. The number of sulfonamides is 1. The first-order valence-corrected chi connectivity index (χ1v) is 11.2. The molecule has 0 aliphatic rings. The lowest BCUT2D eigenvalue weighted by molar-refractivity contribution is 0.399. The minimum absolute atomic E-state index is 0.00286. The van der Waals surface area contributed by atoms with Crippen molar-refractivity contribution in [2.45, 2.75) is 24.9 Å². The first-order valence-electron chi connectivity index (χ1n) is 9.75. The molecule has 0 spiro atoms. The van der Waals surface area contributed by atoms with E-state index in [4.69, 9.17) is 0 Å². The van der Waals surface area contributed by atoms with Crippen molar-refractivity contribution in [1.82, 2.24) is 9.29 Å². The number of aromatic amines is 1. The second-order valence-corrected chi connectivity index (χ2v) is 9.36. The fourth-order valence-corrected chi connectivity index (χ4v) is 4.86. The number of rotatable bonds is 6. The molecule has 0 bridgehead atoms. The van der Waals surface area contributed by atoms with Gasteiger partial charge in [-0.15, -0.1) is 0 Å². The van der Waals surface area contributed by atoms with Crippen molar-refractivity contribution in [1.29, 1.82) is 0 Å². The molecule has 1 N–H and O–H groups in total. The molecule has 0 radical (unpaired) electrons. The molecule has 0 amide bonds. The van der Waals surface area contributed by atoms with Gasteiger partial charge >= 0.3 is 0 Å². The van der Waals surface area contributed by atoms with Crippen molar-refractivity contribution in [3.63, 3.8) is 0 Å². The monoisotopic (exact) mass is 436 g/mol. The van der Waals surface area contributed by atoms with Crippen LogP contribution >= 0.6 is 0 Å². The Kier molecular flexibility index (Phi) is 5.71. The zero-order valence-corrected chi connectivity index (χ0v) is 17.7. The Bertz CT molecular complexity index is 1380. The second kappa shape index (κ2) is 8.45. The van der Waals surface area contributed by atoms with Crippen molar-refractivity contribution >= 4 is 20.9 Å². The molecule has 31 heavy (non-hydrogen) atoms. The third-order valence-corrected chi connectivity index (χ3v) is 6.88. The molecule has 4 aromatic rings. The summed E-state index contributed by atoms with van der Waals surface area (Å²) in [6.07, 6.45) is 0. The predicted octanol–water partition coefficient (Wildman–Crippen LogP) is 4.37. The summed E-state index contributed by atoms with van der Waals surface area (Å²) in [6.45, 7) is 1.82. The highest BCUT2D eigenvalue weighted by atomic mass is 32.2. The van der Waals surface area contributed by atoms with Gasteiger partial charge in [-0.2, -0.15) is 4.31 Å². The summed E-state index contributed by atoms with van der Waals surface area (Å²) in [6, 6.07) is 21.1. The quantitative estimate of drug-likeness (QED) is 0.488. The van der Waals surface area contributed by atoms with Crippen molar-refractivity contribution in [3.05, 3.63) is 112 Å². The molecule has 7 heteroatoms. The molecular formula is C24H21FN2O3S. The standard InChI is InChI=1S/C24H21FN2O3S/c1-17-7-10-19-14-20(24(28)26-23(19)13-17)16-27(15-18-8-11-21(25)12-9-18)31(29,30)22-5-3-2-4-6-22/h2-14H,15-16H2,1H3,(H,26,28). The van der Waals surface area contributed by atoms with Gasteiger partial charge in [0.25, 0.3) is 5.56 Å². The molecule has 0 aliphatic carbocycles. The van der Waals surface area contributed by atoms with Crippen molar-refractivity contribution in [3.8, 4) is 0 Å². The van der Waals surface area contributed by atoms with E-state index in [1.54, 1.807) is 24.3 Å². The summed E-state index contributed by atoms with van der Waals surface area (Å²) in [5, 5.41) is 0.819. The highest BCUT2D eigenvalue weighted by Gasteiger charge is 2.26. The Morgan fingerprint density at radius 3 is 2.32 bits per heavy atom. The largest absolute Gasteiger partial charge is 0.322 e. The summed E-state index contributed by atoms with van der Waals surface area (Å²) < 4.78 is 41.3. The summed E-state index contributed by atoms with van der Waals surface area (Å²) in [5.74, 6) is -0.400. The first kappa shape index (κ1) is 21.0. The number of hydrogen-bond acceptors (Lipinski definition) is 3.